The molecular formula is C30H34N4O4. The van der Waals surface area contributed by atoms with E-state index in [1.54, 1.807) is 29.7 Å². The summed E-state index contributed by atoms with van der Waals surface area (Å²) in [6.07, 6.45) is 7.07. The molecule has 38 heavy (non-hydrogen) atoms. The number of piperidine rings is 1. The Hall–Kier alpha value is -3.93. The fourth-order valence-corrected chi connectivity index (χ4v) is 5.57. The third kappa shape index (κ3) is 6.13. The number of para-hydroxylation sites is 1. The van der Waals surface area contributed by atoms with Crippen LogP contribution in [0.5, 0.6) is 5.75 Å². The van der Waals surface area contributed by atoms with Gasteiger partial charge in [0.1, 0.15) is 12.4 Å². The fourth-order valence-electron chi connectivity index (χ4n) is 5.57. The third-order valence-corrected chi connectivity index (χ3v) is 7.21. The molecule has 2 amide bonds. The van der Waals surface area contributed by atoms with Crippen molar-refractivity contribution in [3.8, 4) is 18.1 Å². The standard InChI is InChI=1S/C30H34N4O4/c1-5-14-34-21(3)16-22(17-28(35)33-37)18-30(34,4)32-29(36)23-10-12-25(13-11-23)38-19-24-15-20(2)31-27-9-7-6-8-26(24)27/h1,6-13,15,21-22,37H,14,16-19H2,2-4H3,(H,32,36)(H,33,35)/t21-,22+,30+/m1/s1. The van der Waals surface area contributed by atoms with Crippen molar-refractivity contribution in [1.82, 2.24) is 20.7 Å². The summed E-state index contributed by atoms with van der Waals surface area (Å²) in [7, 11) is 0. The lowest BCUT2D eigenvalue weighted by Crippen LogP contribution is -2.65. The van der Waals surface area contributed by atoms with Crippen LogP contribution in [0, 0.1) is 25.2 Å². The van der Waals surface area contributed by atoms with Crippen molar-refractivity contribution in [2.75, 3.05) is 6.54 Å². The number of aromatic nitrogens is 1. The smallest absolute Gasteiger partial charge is 0.252 e. The first-order valence-electron chi connectivity index (χ1n) is 12.8. The van der Waals surface area contributed by atoms with Gasteiger partial charge in [-0.05, 0) is 75.9 Å². The number of pyridine rings is 1. The van der Waals surface area contributed by atoms with Crippen molar-refractivity contribution in [2.24, 2.45) is 5.92 Å². The highest BCUT2D eigenvalue weighted by Gasteiger charge is 2.43. The molecule has 3 N–H and O–H groups in total. The molecule has 4 rings (SSSR count). The van der Waals surface area contributed by atoms with Gasteiger partial charge in [-0.25, -0.2) is 5.48 Å². The van der Waals surface area contributed by atoms with Gasteiger partial charge in [-0.2, -0.15) is 0 Å². The number of carbonyl (C=O) groups excluding carboxylic acids is 2. The van der Waals surface area contributed by atoms with Gasteiger partial charge in [-0.15, -0.1) is 6.42 Å². The molecule has 2 aromatic carbocycles. The molecule has 0 aliphatic carbocycles. The van der Waals surface area contributed by atoms with Gasteiger partial charge >= 0.3 is 0 Å². The molecule has 0 unspecified atom stereocenters. The van der Waals surface area contributed by atoms with Gasteiger partial charge < -0.3 is 10.1 Å². The molecule has 8 heteroatoms. The predicted molar refractivity (Wildman–Crippen MR) is 145 cm³/mol. The zero-order chi connectivity index (χ0) is 27.3. The normalized spacial score (nSPS) is 21.4. The number of nitrogens with zero attached hydrogens (tertiary/aromatic N) is 2. The van der Waals surface area contributed by atoms with Crippen LogP contribution >= 0.6 is 0 Å². The van der Waals surface area contributed by atoms with E-state index in [0.29, 0.717) is 30.9 Å². The summed E-state index contributed by atoms with van der Waals surface area (Å²) in [5.74, 6) is 2.65. The number of carbonyl (C=O) groups is 2. The Morgan fingerprint density at radius 1 is 1.24 bits per heavy atom. The zero-order valence-electron chi connectivity index (χ0n) is 22.0. The summed E-state index contributed by atoms with van der Waals surface area (Å²) in [5.41, 5.74) is 4.36. The summed E-state index contributed by atoms with van der Waals surface area (Å²) >= 11 is 0. The van der Waals surface area contributed by atoms with Gasteiger partial charge in [-0.3, -0.25) is 24.7 Å². The van der Waals surface area contributed by atoms with Crippen LogP contribution in [0.15, 0.2) is 54.6 Å². The summed E-state index contributed by atoms with van der Waals surface area (Å²) in [4.78, 5) is 31.7. The minimum absolute atomic E-state index is 0.0137. The van der Waals surface area contributed by atoms with Gasteiger partial charge in [-0.1, -0.05) is 24.1 Å². The van der Waals surface area contributed by atoms with Crippen LogP contribution in [0.1, 0.15) is 54.7 Å². The molecule has 0 saturated carbocycles. The van der Waals surface area contributed by atoms with Crippen LogP contribution in [0.3, 0.4) is 0 Å². The molecule has 1 fully saturated rings. The predicted octanol–water partition coefficient (Wildman–Crippen LogP) is 4.20. The van der Waals surface area contributed by atoms with Gasteiger partial charge in [0.05, 0.1) is 17.7 Å². The van der Waals surface area contributed by atoms with Gasteiger partial charge in [0, 0.05) is 34.7 Å². The Labute approximate surface area is 223 Å². The van der Waals surface area contributed by atoms with E-state index >= 15 is 0 Å². The Morgan fingerprint density at radius 3 is 2.68 bits per heavy atom. The molecule has 0 radical (unpaired) electrons. The fraction of sp³-hybridized carbons (Fsp3) is 0.367. The molecule has 8 nitrogen and oxygen atoms in total. The third-order valence-electron chi connectivity index (χ3n) is 7.21. The van der Waals surface area contributed by atoms with Crippen molar-refractivity contribution in [1.29, 1.82) is 0 Å². The first kappa shape index (κ1) is 27.1. The second-order valence-corrected chi connectivity index (χ2v) is 10.2. The average Bonchev–Trinajstić information content (AvgIpc) is 2.89. The highest BCUT2D eigenvalue weighted by molar-refractivity contribution is 5.94. The van der Waals surface area contributed by atoms with E-state index in [1.807, 2.05) is 51.1 Å². The lowest BCUT2D eigenvalue weighted by Gasteiger charge is -2.50. The Bertz CT molecular complexity index is 1350. The summed E-state index contributed by atoms with van der Waals surface area (Å²) in [6.45, 7) is 6.68. The highest BCUT2D eigenvalue weighted by Crippen LogP contribution is 2.35. The quantitative estimate of drug-likeness (QED) is 0.237. The van der Waals surface area contributed by atoms with E-state index in [-0.39, 0.29) is 24.3 Å². The van der Waals surface area contributed by atoms with Crippen LogP contribution in [-0.2, 0) is 11.4 Å². The number of fused-ring (bicyclic) bond motifs is 1. The number of rotatable bonds is 8. The number of hydrogen-bond donors (Lipinski definition) is 3. The van der Waals surface area contributed by atoms with Crippen LogP contribution in [0.2, 0.25) is 0 Å². The van der Waals surface area contributed by atoms with Crippen molar-refractivity contribution < 1.29 is 19.5 Å². The largest absolute Gasteiger partial charge is 0.489 e. The van der Waals surface area contributed by atoms with E-state index in [1.165, 1.54) is 0 Å². The number of hydroxylamine groups is 1. The lowest BCUT2D eigenvalue weighted by molar-refractivity contribution is -0.131. The molecule has 1 aromatic heterocycles. The minimum Gasteiger partial charge on any atom is -0.489 e. The SMILES string of the molecule is C#CCN1[C@H](C)C[C@@H](CC(=O)NO)C[C@@]1(C)NC(=O)c1ccc(OCc2cc(C)nc3ccccc23)cc1. The number of amides is 2. The van der Waals surface area contributed by atoms with Gasteiger partial charge in [0.15, 0.2) is 0 Å². The number of terminal acetylenes is 1. The molecular weight excluding hydrogens is 480 g/mol. The number of ether oxygens (including phenoxy) is 1. The van der Waals surface area contributed by atoms with Crippen LogP contribution < -0.4 is 15.5 Å². The molecule has 1 saturated heterocycles. The topological polar surface area (TPSA) is 104 Å². The monoisotopic (exact) mass is 514 g/mol. The molecule has 0 bridgehead atoms. The van der Waals surface area contributed by atoms with E-state index in [4.69, 9.17) is 16.4 Å². The van der Waals surface area contributed by atoms with Crippen molar-refractivity contribution in [3.63, 3.8) is 0 Å². The number of benzene rings is 2. The molecule has 198 valence electrons. The molecule has 1 aliphatic rings. The number of aryl methyl sites for hydroxylation is 1. The Kier molecular flexibility index (Phi) is 8.30. The Morgan fingerprint density at radius 2 is 1.97 bits per heavy atom. The van der Waals surface area contributed by atoms with Crippen molar-refractivity contribution in [2.45, 2.75) is 58.3 Å². The number of hydrogen-bond acceptors (Lipinski definition) is 6. The minimum atomic E-state index is -0.753. The highest BCUT2D eigenvalue weighted by atomic mass is 16.5. The summed E-state index contributed by atoms with van der Waals surface area (Å²) in [5, 5.41) is 13.2. The molecule has 0 spiro atoms. The molecule has 2 heterocycles. The summed E-state index contributed by atoms with van der Waals surface area (Å²) < 4.78 is 6.04. The zero-order valence-corrected chi connectivity index (χ0v) is 22.0. The van der Waals surface area contributed by atoms with E-state index in [9.17, 15) is 9.59 Å². The van der Waals surface area contributed by atoms with E-state index in [2.05, 4.69) is 21.1 Å². The van der Waals surface area contributed by atoms with Gasteiger partial charge in [0.2, 0.25) is 5.91 Å². The van der Waals surface area contributed by atoms with Crippen LogP contribution in [0.4, 0.5) is 0 Å². The van der Waals surface area contributed by atoms with Crippen molar-refractivity contribution in [3.05, 3.63) is 71.4 Å². The maximum atomic E-state index is 13.3. The second kappa shape index (κ2) is 11.6. The van der Waals surface area contributed by atoms with Crippen molar-refractivity contribution >= 4 is 22.7 Å². The maximum Gasteiger partial charge on any atom is 0.252 e. The maximum absolute atomic E-state index is 13.3. The van der Waals surface area contributed by atoms with Gasteiger partial charge in [0.25, 0.3) is 5.91 Å². The number of likely N-dealkylation sites (tertiary alicyclic amines) is 1. The lowest BCUT2D eigenvalue weighted by atomic mass is 9.81. The van der Waals surface area contributed by atoms with E-state index in [0.717, 1.165) is 28.6 Å². The van der Waals surface area contributed by atoms with Crippen LogP contribution in [-0.4, -0.2) is 45.2 Å². The number of nitrogens with one attached hydrogen (secondary N) is 2. The molecule has 1 aliphatic heterocycles. The summed E-state index contributed by atoms with van der Waals surface area (Å²) in [6, 6.07) is 17.1. The second-order valence-electron chi connectivity index (χ2n) is 10.2. The Balaban J connectivity index is 1.45. The van der Waals surface area contributed by atoms with E-state index < -0.39 is 11.6 Å². The molecule has 3 aromatic rings. The first-order chi connectivity index (χ1) is 18.2. The van der Waals surface area contributed by atoms with Crippen LogP contribution in [0.25, 0.3) is 10.9 Å². The average molecular weight is 515 g/mol. The molecule has 3 atom stereocenters. The first-order valence-corrected chi connectivity index (χ1v) is 12.8.